The molecule has 0 radical (unpaired) electrons. The Hall–Kier alpha value is -2.48. The molecule has 2 heterocycles. The van der Waals surface area contributed by atoms with Gasteiger partial charge in [0.15, 0.2) is 0 Å². The molecule has 8 nitrogen and oxygen atoms in total. The molecule has 1 N–H and O–H groups in total. The Morgan fingerprint density at radius 1 is 0.865 bits per heavy atom. The van der Waals surface area contributed by atoms with Crippen LogP contribution in [0.4, 0.5) is 18.9 Å². The number of benzene rings is 2. The second-order valence-electron chi connectivity index (χ2n) is 9.15. The smallest absolute Gasteiger partial charge is 0.326 e. The van der Waals surface area contributed by atoms with Crippen molar-refractivity contribution in [3.8, 4) is 0 Å². The first-order chi connectivity index (χ1) is 17.4. The van der Waals surface area contributed by atoms with E-state index in [0.717, 1.165) is 41.8 Å². The number of nitrogens with one attached hydrogen (secondary N) is 1. The topological polar surface area (TPSA) is 104 Å². The molecule has 2 fully saturated rings. The molecular formula is C24H28F3N3O5S2. The van der Waals surface area contributed by atoms with E-state index in [9.17, 15) is 34.8 Å². The van der Waals surface area contributed by atoms with Crippen LogP contribution in [-0.4, -0.2) is 57.0 Å². The van der Waals surface area contributed by atoms with E-state index in [1.54, 1.807) is 0 Å². The van der Waals surface area contributed by atoms with Crippen molar-refractivity contribution in [1.29, 1.82) is 0 Å². The third-order valence-electron chi connectivity index (χ3n) is 6.61. The third kappa shape index (κ3) is 6.00. The first-order valence-electron chi connectivity index (χ1n) is 12.0. The van der Waals surface area contributed by atoms with E-state index < -0.39 is 48.6 Å². The average molecular weight is 560 g/mol. The van der Waals surface area contributed by atoms with Crippen LogP contribution in [0.1, 0.15) is 44.1 Å². The number of halogens is 3. The van der Waals surface area contributed by atoms with E-state index in [2.05, 4.69) is 5.32 Å². The number of carbonyl (C=O) groups excluding carboxylic acids is 1. The van der Waals surface area contributed by atoms with Gasteiger partial charge in [-0.2, -0.15) is 21.8 Å². The standard InChI is InChI=1S/C24H28F3N3O5S2/c25-24(26,27)21-8-2-3-9-22(21)37(34,35)30-16-6-7-19(30)17-23(31)28-18-10-12-20(13-11-18)36(32,33)29-14-4-1-5-15-29/h2-3,8-13,19H,1,4-7,14-17H2,(H,28,31)/t19-/m0/s1. The predicted molar refractivity (Wildman–Crippen MR) is 131 cm³/mol. The first-order valence-corrected chi connectivity index (χ1v) is 14.9. The number of nitrogens with zero attached hydrogens (tertiary/aromatic N) is 2. The highest BCUT2D eigenvalue weighted by atomic mass is 32.2. The van der Waals surface area contributed by atoms with E-state index in [1.807, 2.05) is 0 Å². The van der Waals surface area contributed by atoms with Crippen LogP contribution in [0.2, 0.25) is 0 Å². The zero-order chi connectivity index (χ0) is 26.8. The molecule has 2 aromatic carbocycles. The quantitative estimate of drug-likeness (QED) is 0.551. The molecule has 0 saturated carbocycles. The van der Waals surface area contributed by atoms with Crippen molar-refractivity contribution in [3.05, 3.63) is 54.1 Å². The van der Waals surface area contributed by atoms with E-state index in [4.69, 9.17) is 0 Å². The first kappa shape index (κ1) is 27.6. The highest BCUT2D eigenvalue weighted by Crippen LogP contribution is 2.37. The summed E-state index contributed by atoms with van der Waals surface area (Å²) in [5.41, 5.74) is -0.915. The summed E-state index contributed by atoms with van der Waals surface area (Å²) in [5.74, 6) is -0.525. The maximum absolute atomic E-state index is 13.4. The third-order valence-corrected chi connectivity index (χ3v) is 10.5. The van der Waals surface area contributed by atoms with Crippen molar-refractivity contribution in [2.24, 2.45) is 0 Å². The summed E-state index contributed by atoms with van der Waals surface area (Å²) >= 11 is 0. The van der Waals surface area contributed by atoms with Gasteiger partial charge in [-0.25, -0.2) is 16.8 Å². The number of carbonyl (C=O) groups is 1. The monoisotopic (exact) mass is 559 g/mol. The molecule has 1 amide bonds. The molecule has 0 unspecified atom stereocenters. The van der Waals surface area contributed by atoms with Gasteiger partial charge in [0.2, 0.25) is 26.0 Å². The molecule has 202 valence electrons. The van der Waals surface area contributed by atoms with Crippen LogP contribution in [-0.2, 0) is 31.0 Å². The maximum atomic E-state index is 13.4. The van der Waals surface area contributed by atoms with Crippen molar-refractivity contribution >= 4 is 31.6 Å². The minimum absolute atomic E-state index is 0.00945. The summed E-state index contributed by atoms with van der Waals surface area (Å²) < 4.78 is 94.6. The molecule has 1 atom stereocenters. The van der Waals surface area contributed by atoms with E-state index in [0.29, 0.717) is 31.6 Å². The number of alkyl halides is 3. The highest BCUT2D eigenvalue weighted by molar-refractivity contribution is 7.89. The summed E-state index contributed by atoms with van der Waals surface area (Å²) in [5, 5.41) is 2.63. The fourth-order valence-corrected chi connectivity index (χ4v) is 8.20. The Morgan fingerprint density at radius 3 is 2.16 bits per heavy atom. The van der Waals surface area contributed by atoms with Gasteiger partial charge in [-0.3, -0.25) is 4.79 Å². The minimum Gasteiger partial charge on any atom is -0.326 e. The number of sulfonamides is 2. The second kappa shape index (κ2) is 10.7. The van der Waals surface area contributed by atoms with Gasteiger partial charge in [0, 0.05) is 37.8 Å². The van der Waals surface area contributed by atoms with Crippen LogP contribution in [0.25, 0.3) is 0 Å². The largest absolute Gasteiger partial charge is 0.417 e. The normalized spacial score (nSPS) is 20.1. The number of amides is 1. The molecule has 2 aliphatic heterocycles. The van der Waals surface area contributed by atoms with Gasteiger partial charge in [0.05, 0.1) is 15.4 Å². The summed E-state index contributed by atoms with van der Waals surface area (Å²) in [4.78, 5) is 12.0. The van der Waals surface area contributed by atoms with Gasteiger partial charge in [0.1, 0.15) is 0 Å². The molecule has 0 spiro atoms. The second-order valence-corrected chi connectivity index (χ2v) is 12.9. The summed E-state index contributed by atoms with van der Waals surface area (Å²) in [6.07, 6.45) is -1.74. The Morgan fingerprint density at radius 2 is 1.51 bits per heavy atom. The Kier molecular flexibility index (Phi) is 7.98. The van der Waals surface area contributed by atoms with Crippen LogP contribution in [0.15, 0.2) is 58.3 Å². The van der Waals surface area contributed by atoms with Crippen molar-refractivity contribution in [1.82, 2.24) is 8.61 Å². The molecule has 0 bridgehead atoms. The lowest BCUT2D eigenvalue weighted by Crippen LogP contribution is -2.38. The Balaban J connectivity index is 1.44. The highest BCUT2D eigenvalue weighted by Gasteiger charge is 2.42. The number of hydrogen-bond acceptors (Lipinski definition) is 5. The lowest BCUT2D eigenvalue weighted by Gasteiger charge is -2.26. The van der Waals surface area contributed by atoms with Crippen LogP contribution in [0.3, 0.4) is 0 Å². The van der Waals surface area contributed by atoms with E-state index >= 15 is 0 Å². The molecule has 2 aromatic rings. The van der Waals surface area contributed by atoms with Gasteiger partial charge in [-0.15, -0.1) is 0 Å². The van der Waals surface area contributed by atoms with Crippen molar-refractivity contribution < 1.29 is 34.8 Å². The summed E-state index contributed by atoms with van der Waals surface area (Å²) in [7, 11) is -8.11. The van der Waals surface area contributed by atoms with Crippen LogP contribution < -0.4 is 5.32 Å². The average Bonchev–Trinajstić information content (AvgIpc) is 3.33. The lowest BCUT2D eigenvalue weighted by molar-refractivity contribution is -0.140. The van der Waals surface area contributed by atoms with Crippen LogP contribution in [0, 0.1) is 0 Å². The molecule has 4 rings (SSSR count). The van der Waals surface area contributed by atoms with Gasteiger partial charge in [-0.1, -0.05) is 18.6 Å². The fraction of sp³-hybridized carbons (Fsp3) is 0.458. The number of hydrogen-bond donors (Lipinski definition) is 1. The maximum Gasteiger partial charge on any atom is 0.417 e. The van der Waals surface area contributed by atoms with E-state index in [-0.39, 0.29) is 17.9 Å². The van der Waals surface area contributed by atoms with Crippen molar-refractivity contribution in [2.45, 2.75) is 60.5 Å². The zero-order valence-electron chi connectivity index (χ0n) is 19.9. The van der Waals surface area contributed by atoms with Gasteiger partial charge >= 0.3 is 6.18 Å². The number of piperidine rings is 1. The molecule has 2 saturated heterocycles. The predicted octanol–water partition coefficient (Wildman–Crippen LogP) is 4.06. The van der Waals surface area contributed by atoms with Gasteiger partial charge in [0.25, 0.3) is 0 Å². The lowest BCUT2D eigenvalue weighted by atomic mass is 10.1. The van der Waals surface area contributed by atoms with Crippen LogP contribution in [0.5, 0.6) is 0 Å². The van der Waals surface area contributed by atoms with Gasteiger partial charge < -0.3 is 5.32 Å². The minimum atomic E-state index is -4.84. The number of anilines is 1. The SMILES string of the molecule is O=C(C[C@@H]1CCCN1S(=O)(=O)c1ccccc1C(F)(F)F)Nc1ccc(S(=O)(=O)N2CCCCC2)cc1. The summed E-state index contributed by atoms with van der Waals surface area (Å²) in [6, 6.07) is 8.92. The van der Waals surface area contributed by atoms with Crippen LogP contribution >= 0.6 is 0 Å². The Bertz CT molecular complexity index is 1340. The Labute approximate surface area is 214 Å². The molecular weight excluding hydrogens is 531 g/mol. The fourth-order valence-electron chi connectivity index (χ4n) is 4.77. The zero-order valence-corrected chi connectivity index (χ0v) is 21.6. The molecule has 2 aliphatic rings. The molecule has 0 aliphatic carbocycles. The van der Waals surface area contributed by atoms with Gasteiger partial charge in [-0.05, 0) is 62.1 Å². The van der Waals surface area contributed by atoms with Crippen molar-refractivity contribution in [2.75, 3.05) is 25.0 Å². The summed E-state index contributed by atoms with van der Waals surface area (Å²) in [6.45, 7) is 0.944. The number of rotatable bonds is 7. The molecule has 37 heavy (non-hydrogen) atoms. The van der Waals surface area contributed by atoms with Crippen molar-refractivity contribution in [3.63, 3.8) is 0 Å². The van der Waals surface area contributed by atoms with E-state index in [1.165, 1.54) is 34.6 Å². The molecule has 13 heteroatoms. The molecule has 0 aromatic heterocycles.